The number of rotatable bonds is 6. The Morgan fingerprint density at radius 2 is 1.69 bits per heavy atom. The first kappa shape index (κ1) is 12.7. The molecular weight excluding hydrogens is 160 g/mol. The summed E-state index contributed by atoms with van der Waals surface area (Å²) in [6.07, 6.45) is 3.49. The van der Waals surface area contributed by atoms with E-state index in [4.69, 9.17) is 0 Å². The molecule has 0 bridgehead atoms. The molecule has 1 nitrogen and oxygen atoms in total. The summed E-state index contributed by atoms with van der Waals surface area (Å²) in [7, 11) is 0. The van der Waals surface area contributed by atoms with Crippen molar-refractivity contribution in [2.45, 2.75) is 53.9 Å². The van der Waals surface area contributed by atoms with Gasteiger partial charge in [-0.1, -0.05) is 40.5 Å². The third kappa shape index (κ3) is 5.07. The van der Waals surface area contributed by atoms with Gasteiger partial charge < -0.3 is 0 Å². The van der Waals surface area contributed by atoms with Crippen LogP contribution in [0.1, 0.15) is 53.9 Å². The van der Waals surface area contributed by atoms with Crippen molar-refractivity contribution in [1.82, 2.24) is 0 Å². The Kier molecular flexibility index (Phi) is 6.02. The number of ketones is 1. The zero-order valence-corrected chi connectivity index (χ0v) is 9.76. The normalized spacial score (nSPS) is 15.8. The summed E-state index contributed by atoms with van der Waals surface area (Å²) < 4.78 is 0. The summed E-state index contributed by atoms with van der Waals surface area (Å²) in [5.41, 5.74) is 0. The van der Waals surface area contributed by atoms with Gasteiger partial charge in [-0.05, 0) is 25.2 Å². The van der Waals surface area contributed by atoms with E-state index < -0.39 is 0 Å². The zero-order valence-electron chi connectivity index (χ0n) is 9.76. The highest BCUT2D eigenvalue weighted by Gasteiger charge is 2.18. The summed E-state index contributed by atoms with van der Waals surface area (Å²) in [4.78, 5) is 11.3. The van der Waals surface area contributed by atoms with Gasteiger partial charge in [0.25, 0.3) is 0 Å². The molecule has 0 fully saturated rings. The highest BCUT2D eigenvalue weighted by atomic mass is 16.1. The molecule has 0 spiro atoms. The average Bonchev–Trinajstić information content (AvgIpc) is 2.03. The summed E-state index contributed by atoms with van der Waals surface area (Å²) in [5, 5.41) is 0. The molecule has 78 valence electrons. The van der Waals surface area contributed by atoms with Crippen LogP contribution < -0.4 is 0 Å². The molecule has 0 rings (SSSR count). The van der Waals surface area contributed by atoms with Crippen LogP contribution in [-0.4, -0.2) is 5.78 Å². The van der Waals surface area contributed by atoms with E-state index in [0.717, 1.165) is 12.3 Å². The summed E-state index contributed by atoms with van der Waals surface area (Å²) in [6.45, 7) is 10.5. The van der Waals surface area contributed by atoms with Crippen LogP contribution in [0.3, 0.4) is 0 Å². The number of hydrogen-bond donors (Lipinski definition) is 0. The Morgan fingerprint density at radius 3 is 2.00 bits per heavy atom. The molecule has 0 saturated carbocycles. The number of carbonyl (C=O) groups is 1. The van der Waals surface area contributed by atoms with Crippen LogP contribution in [0.4, 0.5) is 0 Å². The molecule has 0 aromatic carbocycles. The van der Waals surface area contributed by atoms with E-state index in [1.54, 1.807) is 6.92 Å². The van der Waals surface area contributed by atoms with E-state index in [9.17, 15) is 4.79 Å². The minimum atomic E-state index is 0.286. The molecule has 0 heterocycles. The molecule has 0 aliphatic rings. The van der Waals surface area contributed by atoms with Gasteiger partial charge >= 0.3 is 0 Å². The smallest absolute Gasteiger partial charge is 0.133 e. The van der Waals surface area contributed by atoms with E-state index in [1.807, 2.05) is 0 Å². The lowest BCUT2D eigenvalue weighted by atomic mass is 9.85. The third-order valence-electron chi connectivity index (χ3n) is 2.99. The second-order valence-corrected chi connectivity index (χ2v) is 4.55. The van der Waals surface area contributed by atoms with Gasteiger partial charge in [0.2, 0.25) is 0 Å². The molecule has 2 atom stereocenters. The highest BCUT2D eigenvalue weighted by Crippen LogP contribution is 2.21. The van der Waals surface area contributed by atoms with E-state index in [0.29, 0.717) is 11.7 Å². The molecule has 0 amide bonds. The van der Waals surface area contributed by atoms with Gasteiger partial charge in [-0.2, -0.15) is 0 Å². The number of carbonyl (C=O) groups excluding carboxylic acids is 1. The Labute approximate surface area is 82.9 Å². The molecule has 0 aromatic rings. The monoisotopic (exact) mass is 184 g/mol. The van der Waals surface area contributed by atoms with Crippen molar-refractivity contribution in [2.24, 2.45) is 17.8 Å². The van der Waals surface area contributed by atoms with Gasteiger partial charge in [-0.25, -0.2) is 0 Å². The minimum absolute atomic E-state index is 0.286. The lowest BCUT2D eigenvalue weighted by Gasteiger charge is -2.19. The minimum Gasteiger partial charge on any atom is -0.300 e. The fourth-order valence-electron chi connectivity index (χ4n) is 1.67. The van der Waals surface area contributed by atoms with Crippen molar-refractivity contribution in [3.05, 3.63) is 0 Å². The maximum absolute atomic E-state index is 11.3. The van der Waals surface area contributed by atoms with Gasteiger partial charge in [0.05, 0.1) is 0 Å². The third-order valence-corrected chi connectivity index (χ3v) is 2.99. The van der Waals surface area contributed by atoms with Crippen LogP contribution in [0.25, 0.3) is 0 Å². The van der Waals surface area contributed by atoms with Crippen molar-refractivity contribution in [3.63, 3.8) is 0 Å². The van der Waals surface area contributed by atoms with Crippen molar-refractivity contribution < 1.29 is 4.79 Å². The number of hydrogen-bond acceptors (Lipinski definition) is 1. The zero-order chi connectivity index (χ0) is 10.4. The van der Waals surface area contributed by atoms with Gasteiger partial charge in [-0.3, -0.25) is 4.79 Å². The van der Waals surface area contributed by atoms with E-state index in [2.05, 4.69) is 27.7 Å². The second-order valence-electron chi connectivity index (χ2n) is 4.55. The van der Waals surface area contributed by atoms with Crippen molar-refractivity contribution in [1.29, 1.82) is 0 Å². The van der Waals surface area contributed by atoms with Crippen LogP contribution in [-0.2, 0) is 4.79 Å². The predicted molar refractivity (Wildman–Crippen MR) is 57.7 cm³/mol. The molecule has 0 aliphatic heterocycles. The summed E-state index contributed by atoms with van der Waals surface area (Å²) in [5.74, 6) is 1.91. The molecule has 0 radical (unpaired) electrons. The van der Waals surface area contributed by atoms with Crippen LogP contribution in [0.5, 0.6) is 0 Å². The Bertz CT molecular complexity index is 149. The fourth-order valence-corrected chi connectivity index (χ4v) is 1.67. The Balaban J connectivity index is 3.90. The van der Waals surface area contributed by atoms with Crippen LogP contribution in [0.2, 0.25) is 0 Å². The second kappa shape index (κ2) is 6.17. The van der Waals surface area contributed by atoms with Gasteiger partial charge in [0, 0.05) is 5.92 Å². The topological polar surface area (TPSA) is 17.1 Å². The lowest BCUT2D eigenvalue weighted by Crippen LogP contribution is -2.18. The fraction of sp³-hybridized carbons (Fsp3) is 0.917. The lowest BCUT2D eigenvalue weighted by molar-refractivity contribution is -0.122. The van der Waals surface area contributed by atoms with Crippen molar-refractivity contribution in [3.8, 4) is 0 Å². The van der Waals surface area contributed by atoms with Gasteiger partial charge in [0.15, 0.2) is 0 Å². The molecule has 1 heteroatoms. The molecule has 0 N–H and O–H groups in total. The maximum atomic E-state index is 11.3. The number of Topliss-reactive ketones (excluding diaryl/α,β-unsaturated/α-hetero) is 1. The Hall–Kier alpha value is -0.330. The van der Waals surface area contributed by atoms with Crippen LogP contribution in [0, 0.1) is 17.8 Å². The van der Waals surface area contributed by atoms with Crippen LogP contribution >= 0.6 is 0 Å². The van der Waals surface area contributed by atoms with E-state index in [1.165, 1.54) is 12.8 Å². The molecule has 0 aliphatic carbocycles. The first-order chi connectivity index (χ1) is 5.99. The van der Waals surface area contributed by atoms with Crippen molar-refractivity contribution >= 4 is 5.78 Å². The van der Waals surface area contributed by atoms with E-state index in [-0.39, 0.29) is 5.92 Å². The standard InChI is InChI=1S/C12H24O/c1-6-10(4)7-8-12(9(2)3)11(5)13/h9-10,12H,6-8H2,1-5H3. The molecule has 2 unspecified atom stereocenters. The molecule has 0 saturated heterocycles. The molecule has 0 aromatic heterocycles. The predicted octanol–water partition coefficient (Wildman–Crippen LogP) is 3.67. The van der Waals surface area contributed by atoms with E-state index >= 15 is 0 Å². The first-order valence-electron chi connectivity index (χ1n) is 5.49. The maximum Gasteiger partial charge on any atom is 0.133 e. The van der Waals surface area contributed by atoms with Gasteiger partial charge in [-0.15, -0.1) is 0 Å². The average molecular weight is 184 g/mol. The highest BCUT2D eigenvalue weighted by molar-refractivity contribution is 5.78. The van der Waals surface area contributed by atoms with Crippen LogP contribution in [0.15, 0.2) is 0 Å². The summed E-state index contributed by atoms with van der Waals surface area (Å²) in [6, 6.07) is 0. The summed E-state index contributed by atoms with van der Waals surface area (Å²) >= 11 is 0. The first-order valence-corrected chi connectivity index (χ1v) is 5.49. The Morgan fingerprint density at radius 1 is 1.15 bits per heavy atom. The SMILES string of the molecule is CCC(C)CCC(C(C)=O)C(C)C. The molecule has 13 heavy (non-hydrogen) atoms. The largest absolute Gasteiger partial charge is 0.300 e. The quantitative estimate of drug-likeness (QED) is 0.615. The van der Waals surface area contributed by atoms with Crippen molar-refractivity contribution in [2.75, 3.05) is 0 Å². The van der Waals surface area contributed by atoms with Gasteiger partial charge in [0.1, 0.15) is 5.78 Å². The molecular formula is C12H24O.